The van der Waals surface area contributed by atoms with E-state index in [1.807, 2.05) is 0 Å². The van der Waals surface area contributed by atoms with E-state index < -0.39 is 0 Å². The van der Waals surface area contributed by atoms with Crippen LogP contribution in [0.4, 0.5) is 0 Å². The van der Waals surface area contributed by atoms with Gasteiger partial charge in [-0.2, -0.15) is 0 Å². The van der Waals surface area contributed by atoms with Crippen molar-refractivity contribution in [3.8, 4) is 0 Å². The summed E-state index contributed by atoms with van der Waals surface area (Å²) in [5.74, 6) is 2.51. The number of piperidine rings is 1. The highest BCUT2D eigenvalue weighted by Gasteiger charge is 2.28. The number of nitrogens with one attached hydrogen (secondary N) is 1. The number of aryl methyl sites for hydroxylation is 2. The van der Waals surface area contributed by atoms with Gasteiger partial charge >= 0.3 is 0 Å². The third-order valence-corrected chi connectivity index (χ3v) is 7.32. The van der Waals surface area contributed by atoms with Gasteiger partial charge in [0.25, 0.3) is 0 Å². The summed E-state index contributed by atoms with van der Waals surface area (Å²) in [5.41, 5.74) is 1.14. The molecule has 2 atom stereocenters. The fourth-order valence-corrected chi connectivity index (χ4v) is 5.70. The summed E-state index contributed by atoms with van der Waals surface area (Å²) in [7, 11) is 0. The number of thiazole rings is 1. The van der Waals surface area contributed by atoms with Gasteiger partial charge in [0.15, 0.2) is 5.96 Å². The van der Waals surface area contributed by atoms with Crippen molar-refractivity contribution in [3.05, 3.63) is 15.6 Å². The summed E-state index contributed by atoms with van der Waals surface area (Å²) < 4.78 is 0. The van der Waals surface area contributed by atoms with Crippen molar-refractivity contribution in [2.45, 2.75) is 47.5 Å². The van der Waals surface area contributed by atoms with Crippen LogP contribution < -0.4 is 5.32 Å². The third kappa shape index (κ3) is 6.91. The van der Waals surface area contributed by atoms with E-state index in [1.54, 1.807) is 11.3 Å². The molecule has 0 bridgehead atoms. The number of likely N-dealkylation sites (tertiary alicyclic amines) is 1. The van der Waals surface area contributed by atoms with Gasteiger partial charge in [0.2, 0.25) is 5.91 Å². The smallest absolute Gasteiger partial charge is 0.236 e. The highest BCUT2D eigenvalue weighted by molar-refractivity contribution is 7.11. The molecule has 174 valence electrons. The van der Waals surface area contributed by atoms with Gasteiger partial charge in [0, 0.05) is 63.7 Å². The number of amides is 1. The van der Waals surface area contributed by atoms with Crippen molar-refractivity contribution in [1.29, 1.82) is 0 Å². The second kappa shape index (κ2) is 11.3. The number of guanidine groups is 1. The van der Waals surface area contributed by atoms with Crippen LogP contribution >= 0.6 is 11.3 Å². The van der Waals surface area contributed by atoms with E-state index >= 15 is 0 Å². The monoisotopic (exact) mass is 448 g/mol. The highest BCUT2D eigenvalue weighted by atomic mass is 32.1. The normalized spacial score (nSPS) is 23.3. The topological polar surface area (TPSA) is 64.1 Å². The Kier molecular flexibility index (Phi) is 8.72. The van der Waals surface area contributed by atoms with Crippen molar-refractivity contribution < 1.29 is 4.79 Å². The first-order valence-electron chi connectivity index (χ1n) is 11.8. The summed E-state index contributed by atoms with van der Waals surface area (Å²) in [6.07, 6.45) is 2.17. The van der Waals surface area contributed by atoms with E-state index in [9.17, 15) is 4.79 Å². The molecule has 31 heavy (non-hydrogen) atoms. The van der Waals surface area contributed by atoms with Crippen molar-refractivity contribution in [1.82, 2.24) is 25.0 Å². The van der Waals surface area contributed by atoms with Crippen LogP contribution in [-0.2, 0) is 11.2 Å². The van der Waals surface area contributed by atoms with E-state index in [4.69, 9.17) is 4.99 Å². The first-order valence-corrected chi connectivity index (χ1v) is 12.6. The lowest BCUT2D eigenvalue weighted by Gasteiger charge is -2.39. The first-order chi connectivity index (χ1) is 14.9. The van der Waals surface area contributed by atoms with Crippen LogP contribution in [0.15, 0.2) is 4.99 Å². The molecule has 1 amide bonds. The molecule has 8 heteroatoms. The molecule has 0 aliphatic carbocycles. The van der Waals surface area contributed by atoms with Gasteiger partial charge in [-0.3, -0.25) is 14.7 Å². The lowest BCUT2D eigenvalue weighted by Crippen LogP contribution is -2.55. The van der Waals surface area contributed by atoms with E-state index in [0.717, 1.165) is 75.4 Å². The molecule has 2 aliphatic heterocycles. The van der Waals surface area contributed by atoms with Crippen LogP contribution in [0.25, 0.3) is 0 Å². The van der Waals surface area contributed by atoms with Crippen LogP contribution in [-0.4, -0.2) is 90.5 Å². The molecule has 0 spiro atoms. The van der Waals surface area contributed by atoms with E-state index in [2.05, 4.69) is 59.6 Å². The summed E-state index contributed by atoms with van der Waals surface area (Å²) in [6, 6.07) is 0. The fraction of sp³-hybridized carbons (Fsp3) is 0.783. The average molecular weight is 449 g/mol. The van der Waals surface area contributed by atoms with Crippen LogP contribution in [0, 0.1) is 25.7 Å². The van der Waals surface area contributed by atoms with Gasteiger partial charge in [-0.25, -0.2) is 4.98 Å². The number of aromatic nitrogens is 1. The zero-order chi connectivity index (χ0) is 22.4. The molecule has 2 fully saturated rings. The Bertz CT molecular complexity index is 745. The molecule has 2 aliphatic rings. The number of rotatable bonds is 6. The predicted molar refractivity (Wildman–Crippen MR) is 129 cm³/mol. The first kappa shape index (κ1) is 24.0. The van der Waals surface area contributed by atoms with Crippen molar-refractivity contribution in [3.63, 3.8) is 0 Å². The lowest BCUT2D eigenvalue weighted by molar-refractivity contribution is -0.135. The Morgan fingerprint density at radius 2 is 1.81 bits per heavy atom. The molecule has 1 N–H and O–H groups in total. The molecule has 3 heterocycles. The maximum Gasteiger partial charge on any atom is 0.236 e. The minimum absolute atomic E-state index is 0.294. The maximum absolute atomic E-state index is 12.8. The largest absolute Gasteiger partial charge is 0.357 e. The van der Waals surface area contributed by atoms with Gasteiger partial charge in [-0.1, -0.05) is 13.8 Å². The number of carbonyl (C=O) groups is 1. The van der Waals surface area contributed by atoms with Gasteiger partial charge in [-0.05, 0) is 39.0 Å². The molecule has 0 saturated carbocycles. The standard InChI is InChI=1S/C23H40N6OS/c1-6-24-23(25-8-7-21-19(4)26-20(5)31-21)28-11-9-27(10-12-28)16-22(30)29-14-17(2)13-18(3)15-29/h17-18H,6-16H2,1-5H3,(H,24,25). The van der Waals surface area contributed by atoms with Crippen LogP contribution in [0.1, 0.15) is 42.8 Å². The molecule has 0 radical (unpaired) electrons. The summed E-state index contributed by atoms with van der Waals surface area (Å²) in [6.45, 7) is 18.4. The molecule has 7 nitrogen and oxygen atoms in total. The Balaban J connectivity index is 1.47. The second-order valence-corrected chi connectivity index (χ2v) is 10.5. The van der Waals surface area contributed by atoms with Crippen molar-refractivity contribution in [2.24, 2.45) is 16.8 Å². The fourth-order valence-electron chi connectivity index (χ4n) is 4.77. The highest BCUT2D eigenvalue weighted by Crippen LogP contribution is 2.21. The molecule has 1 aromatic heterocycles. The van der Waals surface area contributed by atoms with Crippen molar-refractivity contribution in [2.75, 3.05) is 58.9 Å². The molecular weight excluding hydrogens is 408 g/mol. The molecule has 2 saturated heterocycles. The van der Waals surface area contributed by atoms with E-state index in [-0.39, 0.29) is 0 Å². The second-order valence-electron chi connectivity index (χ2n) is 9.24. The third-order valence-electron chi connectivity index (χ3n) is 6.19. The lowest BCUT2D eigenvalue weighted by atomic mass is 9.92. The maximum atomic E-state index is 12.8. The Morgan fingerprint density at radius 1 is 1.13 bits per heavy atom. The molecule has 0 aromatic carbocycles. The summed E-state index contributed by atoms with van der Waals surface area (Å²) in [4.78, 5) is 30.3. The van der Waals surface area contributed by atoms with Gasteiger partial charge in [0.05, 0.1) is 17.2 Å². The van der Waals surface area contributed by atoms with E-state index in [1.165, 1.54) is 11.3 Å². The molecule has 2 unspecified atom stereocenters. The zero-order valence-electron chi connectivity index (χ0n) is 20.0. The molecular formula is C23H40N6OS. The number of piperazine rings is 1. The van der Waals surface area contributed by atoms with Gasteiger partial charge in [0.1, 0.15) is 0 Å². The van der Waals surface area contributed by atoms with Gasteiger partial charge < -0.3 is 15.1 Å². The number of hydrogen-bond acceptors (Lipinski definition) is 5. The van der Waals surface area contributed by atoms with Crippen LogP contribution in [0.3, 0.4) is 0 Å². The summed E-state index contributed by atoms with van der Waals surface area (Å²) in [5, 5.41) is 4.57. The minimum Gasteiger partial charge on any atom is -0.357 e. The quantitative estimate of drug-likeness (QED) is 0.535. The number of nitrogens with zero attached hydrogens (tertiary/aromatic N) is 5. The number of hydrogen-bond donors (Lipinski definition) is 1. The number of aliphatic imine (C=N–C) groups is 1. The Labute approximate surface area is 191 Å². The van der Waals surface area contributed by atoms with Gasteiger partial charge in [-0.15, -0.1) is 11.3 Å². The molecule has 3 rings (SSSR count). The average Bonchev–Trinajstić information content (AvgIpc) is 3.04. The SMILES string of the molecule is CCNC(=NCCc1sc(C)nc1C)N1CCN(CC(=O)N2CC(C)CC(C)C2)CC1. The van der Waals surface area contributed by atoms with Crippen molar-refractivity contribution >= 4 is 23.2 Å². The minimum atomic E-state index is 0.294. The van der Waals surface area contributed by atoms with E-state index in [0.29, 0.717) is 24.3 Å². The Morgan fingerprint density at radius 3 is 2.39 bits per heavy atom. The summed E-state index contributed by atoms with van der Waals surface area (Å²) >= 11 is 1.78. The predicted octanol–water partition coefficient (Wildman–Crippen LogP) is 2.39. The Hall–Kier alpha value is -1.67. The molecule has 1 aromatic rings. The van der Waals surface area contributed by atoms with Crippen LogP contribution in [0.2, 0.25) is 0 Å². The zero-order valence-corrected chi connectivity index (χ0v) is 20.8. The number of carbonyl (C=O) groups excluding carboxylic acids is 1. The van der Waals surface area contributed by atoms with Crippen LogP contribution in [0.5, 0.6) is 0 Å².